The summed E-state index contributed by atoms with van der Waals surface area (Å²) in [6.07, 6.45) is 2.52. The molecular weight excluding hydrogens is 318 g/mol. The molecule has 7 heteroatoms. The van der Waals surface area contributed by atoms with E-state index >= 15 is 0 Å². The zero-order valence-electron chi connectivity index (χ0n) is 10.5. The van der Waals surface area contributed by atoms with Crippen LogP contribution in [-0.2, 0) is 10.0 Å². The summed E-state index contributed by atoms with van der Waals surface area (Å²) in [6, 6.07) is 3.47. The smallest absolute Gasteiger partial charge is 0.237 e. The van der Waals surface area contributed by atoms with E-state index in [1.54, 1.807) is 25.3 Å². The molecule has 0 amide bonds. The minimum Gasteiger partial charge on any atom is -0.315 e. The Hall–Kier alpha value is -0.660. The van der Waals surface area contributed by atoms with Gasteiger partial charge in [0.25, 0.3) is 0 Å². The number of aromatic nitrogens is 1. The molecule has 0 saturated carbocycles. The maximum atomic E-state index is 12.0. The molecule has 1 atom stereocenters. The highest BCUT2D eigenvalue weighted by atomic mass is 79.9. The van der Waals surface area contributed by atoms with Gasteiger partial charge in [0.2, 0.25) is 10.0 Å². The molecule has 0 aliphatic rings. The van der Waals surface area contributed by atoms with Crippen molar-refractivity contribution in [1.29, 1.82) is 0 Å². The zero-order chi connectivity index (χ0) is 13.6. The van der Waals surface area contributed by atoms with Gasteiger partial charge in [-0.2, -0.15) is 0 Å². The van der Waals surface area contributed by atoms with Crippen LogP contribution in [0.1, 0.15) is 20.3 Å². The highest BCUT2D eigenvalue weighted by Gasteiger charge is 2.21. The SMILES string of the molecule is CCCNCC(C)S(=O)(=O)Nc1ncccc1Br. The molecule has 18 heavy (non-hydrogen) atoms. The molecule has 0 aliphatic carbocycles. The lowest BCUT2D eigenvalue weighted by molar-refractivity contribution is 0.575. The predicted molar refractivity (Wildman–Crippen MR) is 77.1 cm³/mol. The van der Waals surface area contributed by atoms with Crippen molar-refractivity contribution in [2.75, 3.05) is 17.8 Å². The topological polar surface area (TPSA) is 71.1 Å². The molecule has 0 bridgehead atoms. The second-order valence-electron chi connectivity index (χ2n) is 4.00. The largest absolute Gasteiger partial charge is 0.315 e. The molecule has 1 unspecified atom stereocenters. The first-order chi connectivity index (χ1) is 8.47. The quantitative estimate of drug-likeness (QED) is 0.747. The second kappa shape index (κ2) is 7.06. The van der Waals surface area contributed by atoms with Crippen LogP contribution in [0.15, 0.2) is 22.8 Å². The van der Waals surface area contributed by atoms with Crippen molar-refractivity contribution < 1.29 is 8.42 Å². The number of nitrogens with one attached hydrogen (secondary N) is 2. The normalized spacial score (nSPS) is 13.3. The molecule has 0 fully saturated rings. The highest BCUT2D eigenvalue weighted by Crippen LogP contribution is 2.20. The summed E-state index contributed by atoms with van der Waals surface area (Å²) in [7, 11) is -3.42. The van der Waals surface area contributed by atoms with E-state index < -0.39 is 15.3 Å². The first-order valence-electron chi connectivity index (χ1n) is 5.80. The highest BCUT2D eigenvalue weighted by molar-refractivity contribution is 9.10. The Kier molecular flexibility index (Phi) is 6.04. The molecule has 102 valence electrons. The van der Waals surface area contributed by atoms with Crippen LogP contribution in [0.5, 0.6) is 0 Å². The van der Waals surface area contributed by atoms with Crippen LogP contribution < -0.4 is 10.0 Å². The predicted octanol–water partition coefficient (Wildman–Crippen LogP) is 1.97. The number of hydrogen-bond donors (Lipinski definition) is 2. The molecule has 0 spiro atoms. The number of pyridine rings is 1. The van der Waals surface area contributed by atoms with Gasteiger partial charge in [0.15, 0.2) is 5.82 Å². The summed E-state index contributed by atoms with van der Waals surface area (Å²) in [5, 5.41) is 2.57. The first-order valence-corrected chi connectivity index (χ1v) is 8.14. The van der Waals surface area contributed by atoms with Gasteiger partial charge in [0.05, 0.1) is 9.72 Å². The molecule has 0 radical (unpaired) electrons. The molecule has 0 aromatic carbocycles. The molecule has 1 aromatic rings. The average molecular weight is 336 g/mol. The van der Waals surface area contributed by atoms with Gasteiger partial charge in [0.1, 0.15) is 0 Å². The van der Waals surface area contributed by atoms with Gasteiger partial charge in [-0.1, -0.05) is 6.92 Å². The third kappa shape index (κ3) is 4.55. The third-order valence-corrected chi connectivity index (χ3v) is 4.73. The van der Waals surface area contributed by atoms with Gasteiger partial charge >= 0.3 is 0 Å². The third-order valence-electron chi connectivity index (χ3n) is 2.39. The Balaban J connectivity index is 2.67. The van der Waals surface area contributed by atoms with E-state index in [1.807, 2.05) is 6.92 Å². The van der Waals surface area contributed by atoms with Crippen LogP contribution in [0.25, 0.3) is 0 Å². The summed E-state index contributed by atoms with van der Waals surface area (Å²) in [4.78, 5) is 3.98. The monoisotopic (exact) mass is 335 g/mol. The Morgan fingerprint density at radius 2 is 2.22 bits per heavy atom. The first kappa shape index (κ1) is 15.4. The fraction of sp³-hybridized carbons (Fsp3) is 0.545. The molecule has 1 aromatic heterocycles. The molecule has 1 rings (SSSR count). The van der Waals surface area contributed by atoms with Gasteiger partial charge in [-0.25, -0.2) is 13.4 Å². The van der Waals surface area contributed by atoms with E-state index in [-0.39, 0.29) is 0 Å². The Morgan fingerprint density at radius 3 is 2.83 bits per heavy atom. The van der Waals surface area contributed by atoms with Crippen LogP contribution in [0.4, 0.5) is 5.82 Å². The minimum atomic E-state index is -3.42. The average Bonchev–Trinajstić information content (AvgIpc) is 2.32. The fourth-order valence-electron chi connectivity index (χ4n) is 1.29. The van der Waals surface area contributed by atoms with E-state index in [9.17, 15) is 8.42 Å². The van der Waals surface area contributed by atoms with Crippen LogP contribution in [0.2, 0.25) is 0 Å². The maximum Gasteiger partial charge on any atom is 0.237 e. The lowest BCUT2D eigenvalue weighted by atomic mass is 10.4. The number of anilines is 1. The summed E-state index contributed by atoms with van der Waals surface area (Å²) in [5.41, 5.74) is 0. The maximum absolute atomic E-state index is 12.0. The van der Waals surface area contributed by atoms with E-state index in [1.165, 1.54) is 0 Å². The number of hydrogen-bond acceptors (Lipinski definition) is 4. The Morgan fingerprint density at radius 1 is 1.50 bits per heavy atom. The van der Waals surface area contributed by atoms with Crippen LogP contribution in [0, 0.1) is 0 Å². The number of nitrogens with zero attached hydrogens (tertiary/aromatic N) is 1. The zero-order valence-corrected chi connectivity index (χ0v) is 12.9. The van der Waals surface area contributed by atoms with Crippen molar-refractivity contribution in [2.45, 2.75) is 25.5 Å². The molecule has 0 aliphatic heterocycles. The van der Waals surface area contributed by atoms with Crippen LogP contribution >= 0.6 is 15.9 Å². The minimum absolute atomic E-state index is 0.319. The van der Waals surface area contributed by atoms with Crippen molar-refractivity contribution in [3.05, 3.63) is 22.8 Å². The van der Waals surface area contributed by atoms with Crippen LogP contribution in [-0.4, -0.2) is 31.7 Å². The summed E-state index contributed by atoms with van der Waals surface area (Å²) in [6.45, 7) is 4.94. The molecule has 0 saturated heterocycles. The van der Waals surface area contributed by atoms with Gasteiger partial charge in [-0.15, -0.1) is 0 Å². The molecule has 1 heterocycles. The molecule has 2 N–H and O–H groups in total. The van der Waals surface area contributed by atoms with Gasteiger partial charge in [-0.05, 0) is 48.0 Å². The van der Waals surface area contributed by atoms with E-state index in [0.717, 1.165) is 13.0 Å². The van der Waals surface area contributed by atoms with Crippen molar-refractivity contribution in [3.63, 3.8) is 0 Å². The van der Waals surface area contributed by atoms with Gasteiger partial charge < -0.3 is 5.32 Å². The lowest BCUT2D eigenvalue weighted by Crippen LogP contribution is -2.35. The lowest BCUT2D eigenvalue weighted by Gasteiger charge is -2.15. The van der Waals surface area contributed by atoms with E-state index in [2.05, 4.69) is 31.0 Å². The Labute approximate surface area is 117 Å². The van der Waals surface area contributed by atoms with Gasteiger partial charge in [-0.3, -0.25) is 4.72 Å². The standard InChI is InChI=1S/C11H18BrN3O2S/c1-3-6-13-8-9(2)18(16,17)15-11-10(12)5-4-7-14-11/h4-5,7,9,13H,3,6,8H2,1-2H3,(H,14,15). The second-order valence-corrected chi connectivity index (χ2v) is 6.95. The number of sulfonamides is 1. The molecule has 5 nitrogen and oxygen atoms in total. The Bertz CT molecular complexity index is 479. The number of rotatable bonds is 7. The van der Waals surface area contributed by atoms with E-state index in [4.69, 9.17) is 0 Å². The van der Waals surface area contributed by atoms with Crippen molar-refractivity contribution in [1.82, 2.24) is 10.3 Å². The molecular formula is C11H18BrN3O2S. The van der Waals surface area contributed by atoms with Gasteiger partial charge in [0, 0.05) is 12.7 Å². The summed E-state index contributed by atoms with van der Waals surface area (Å²) >= 11 is 3.26. The van der Waals surface area contributed by atoms with Crippen molar-refractivity contribution in [3.8, 4) is 0 Å². The fourth-order valence-corrected chi connectivity index (χ4v) is 2.74. The van der Waals surface area contributed by atoms with E-state index in [0.29, 0.717) is 16.8 Å². The number of halogens is 1. The van der Waals surface area contributed by atoms with Crippen molar-refractivity contribution >= 4 is 31.8 Å². The van der Waals surface area contributed by atoms with Crippen LogP contribution in [0.3, 0.4) is 0 Å². The summed E-state index contributed by atoms with van der Waals surface area (Å²) in [5.74, 6) is 0.319. The van der Waals surface area contributed by atoms with Crippen molar-refractivity contribution in [2.24, 2.45) is 0 Å². The summed E-state index contributed by atoms with van der Waals surface area (Å²) < 4.78 is 27.2.